The van der Waals surface area contributed by atoms with Crippen LogP contribution in [0.5, 0.6) is 0 Å². The van der Waals surface area contributed by atoms with Crippen LogP contribution in [0.25, 0.3) is 20.2 Å². The summed E-state index contributed by atoms with van der Waals surface area (Å²) in [5.74, 6) is 0. The number of rotatable bonds is 6. The molecule has 0 amide bonds. The van der Waals surface area contributed by atoms with Crippen LogP contribution in [0.3, 0.4) is 0 Å². The first-order valence-electron chi connectivity index (χ1n) is 18.5. The van der Waals surface area contributed by atoms with Gasteiger partial charge in [0.15, 0.2) is 0 Å². The number of benzene rings is 7. The summed E-state index contributed by atoms with van der Waals surface area (Å²) in [6, 6.07) is 58.7. The Morgan fingerprint density at radius 2 is 1.00 bits per heavy atom. The quantitative estimate of drug-likeness (QED) is 0.172. The number of aryl methyl sites for hydroxylation is 4. The molecule has 1 spiro atoms. The van der Waals surface area contributed by atoms with E-state index >= 15 is 0 Å². The molecule has 0 aliphatic heterocycles. The van der Waals surface area contributed by atoms with Crippen LogP contribution < -0.4 is 9.80 Å². The van der Waals surface area contributed by atoms with Gasteiger partial charge in [-0.2, -0.15) is 0 Å². The third kappa shape index (κ3) is 4.83. The average molecular weight is 689 g/mol. The van der Waals surface area contributed by atoms with E-state index in [0.29, 0.717) is 0 Å². The lowest BCUT2D eigenvalue weighted by molar-refractivity contribution is 0.508. The van der Waals surface area contributed by atoms with Crippen LogP contribution >= 0.6 is 11.3 Å². The molecule has 1 atom stereocenters. The van der Waals surface area contributed by atoms with Gasteiger partial charge in [0.05, 0.1) is 11.4 Å². The van der Waals surface area contributed by atoms with Gasteiger partial charge in [0.1, 0.15) is 0 Å². The van der Waals surface area contributed by atoms with E-state index in [1.54, 1.807) is 0 Å². The van der Waals surface area contributed by atoms with E-state index in [-0.39, 0.29) is 5.41 Å². The largest absolute Gasteiger partial charge is 0.310 e. The second kappa shape index (κ2) is 12.3. The summed E-state index contributed by atoms with van der Waals surface area (Å²) < 4.78 is 2.70. The van der Waals surface area contributed by atoms with E-state index in [1.807, 2.05) is 11.3 Å². The van der Waals surface area contributed by atoms with Crippen molar-refractivity contribution in [2.45, 2.75) is 44.9 Å². The maximum atomic E-state index is 2.54. The fraction of sp³-hybridized carbons (Fsp3) is 0.143. The van der Waals surface area contributed by atoms with E-state index in [1.165, 1.54) is 87.7 Å². The summed E-state index contributed by atoms with van der Waals surface area (Å²) in [6.07, 6.45) is 4.37. The summed E-state index contributed by atoms with van der Waals surface area (Å²) >= 11 is 1.92. The summed E-state index contributed by atoms with van der Waals surface area (Å²) in [7, 11) is 0. The van der Waals surface area contributed by atoms with Crippen molar-refractivity contribution < 1.29 is 0 Å². The Kier molecular flexibility index (Phi) is 7.33. The van der Waals surface area contributed by atoms with Gasteiger partial charge < -0.3 is 9.80 Å². The van der Waals surface area contributed by atoms with Crippen LogP contribution in [0.1, 0.15) is 46.2 Å². The molecule has 0 N–H and O–H groups in total. The van der Waals surface area contributed by atoms with Crippen LogP contribution in [0.15, 0.2) is 158 Å². The molecule has 0 unspecified atom stereocenters. The minimum atomic E-state index is -0.108. The molecule has 0 saturated carbocycles. The van der Waals surface area contributed by atoms with Crippen LogP contribution in [0, 0.1) is 13.8 Å². The van der Waals surface area contributed by atoms with Gasteiger partial charge >= 0.3 is 0 Å². The summed E-state index contributed by atoms with van der Waals surface area (Å²) in [4.78, 5) is 5.03. The van der Waals surface area contributed by atoms with E-state index in [4.69, 9.17) is 0 Å². The minimum Gasteiger partial charge on any atom is -0.310 e. The summed E-state index contributed by atoms with van der Waals surface area (Å²) in [6.45, 7) is 4.46. The molecule has 1 heterocycles. The summed E-state index contributed by atoms with van der Waals surface area (Å²) in [5, 5.41) is 2.74. The van der Waals surface area contributed by atoms with E-state index in [9.17, 15) is 0 Å². The molecule has 0 fully saturated rings. The fourth-order valence-electron chi connectivity index (χ4n) is 9.51. The highest BCUT2D eigenvalue weighted by Crippen LogP contribution is 2.60. The first-order valence-corrected chi connectivity index (χ1v) is 19.3. The Balaban J connectivity index is 1.20. The van der Waals surface area contributed by atoms with Crippen LogP contribution in [-0.4, -0.2) is 0 Å². The lowest BCUT2D eigenvalue weighted by atomic mass is 9.74. The van der Waals surface area contributed by atoms with Crippen molar-refractivity contribution in [1.82, 2.24) is 0 Å². The van der Waals surface area contributed by atoms with Crippen molar-refractivity contribution in [3.8, 4) is 0 Å². The molecule has 10 rings (SSSR count). The van der Waals surface area contributed by atoms with Crippen molar-refractivity contribution >= 4 is 65.6 Å². The molecule has 2 nitrogen and oxygen atoms in total. The normalized spacial score (nSPS) is 16.0. The van der Waals surface area contributed by atoms with Gasteiger partial charge in [-0.3, -0.25) is 0 Å². The van der Waals surface area contributed by atoms with Crippen molar-refractivity contribution in [1.29, 1.82) is 0 Å². The Hall–Kier alpha value is -5.64. The molecule has 3 heteroatoms. The van der Waals surface area contributed by atoms with Gasteiger partial charge in [-0.25, -0.2) is 0 Å². The standard InChI is InChI=1S/C49H40N2S/c1-33-30-34(2)46-41-25-24-40(32-44(41)52-45(46)31-33)51(39-20-10-5-11-21-39)43-23-13-15-36-27-29-49(48(36)43)28-26-35-14-12-22-42(47(35)49)50(37-16-6-3-7-17-37)38-18-8-4-9-19-38/h3-25,30-32H,26-29H2,1-2H3/t49-/m1/s1. The smallest absolute Gasteiger partial charge is 0.0505 e. The zero-order valence-corrected chi connectivity index (χ0v) is 30.5. The molecule has 8 aromatic rings. The molecule has 0 radical (unpaired) electrons. The van der Waals surface area contributed by atoms with Gasteiger partial charge in [0.25, 0.3) is 0 Å². The van der Waals surface area contributed by atoms with Crippen LogP contribution in [0.2, 0.25) is 0 Å². The predicted octanol–water partition coefficient (Wildman–Crippen LogP) is 13.8. The van der Waals surface area contributed by atoms with Crippen molar-refractivity contribution in [3.63, 3.8) is 0 Å². The minimum absolute atomic E-state index is 0.108. The molecule has 252 valence electrons. The molecule has 2 aliphatic rings. The summed E-state index contributed by atoms with van der Waals surface area (Å²) in [5.41, 5.74) is 15.8. The topological polar surface area (TPSA) is 6.48 Å². The highest BCUT2D eigenvalue weighted by molar-refractivity contribution is 7.25. The zero-order valence-electron chi connectivity index (χ0n) is 29.6. The number of nitrogens with zero attached hydrogens (tertiary/aromatic N) is 2. The molecule has 1 aromatic heterocycles. The SMILES string of the molecule is Cc1cc(C)c2c(c1)sc1cc(N(c3ccccc3)c3cccc4c3[C@]3(CCc5cccc(N(c6ccccc6)c6ccccc6)c53)CC4)ccc12. The molecule has 2 aliphatic carbocycles. The highest BCUT2D eigenvalue weighted by Gasteiger charge is 2.49. The maximum Gasteiger partial charge on any atom is 0.0505 e. The molecule has 0 saturated heterocycles. The van der Waals surface area contributed by atoms with Gasteiger partial charge in [-0.1, -0.05) is 91.0 Å². The lowest BCUT2D eigenvalue weighted by Crippen LogP contribution is -2.27. The van der Waals surface area contributed by atoms with E-state index < -0.39 is 0 Å². The van der Waals surface area contributed by atoms with Crippen molar-refractivity contribution in [2.75, 3.05) is 9.80 Å². The number of anilines is 6. The molecule has 52 heavy (non-hydrogen) atoms. The molecular weight excluding hydrogens is 649 g/mol. The first kappa shape index (κ1) is 31.1. The van der Waals surface area contributed by atoms with Crippen LogP contribution in [0.4, 0.5) is 34.1 Å². The van der Waals surface area contributed by atoms with Crippen molar-refractivity contribution in [3.05, 3.63) is 191 Å². The Labute approximate surface area is 310 Å². The number of hydrogen-bond donors (Lipinski definition) is 0. The van der Waals surface area contributed by atoms with Gasteiger partial charge in [0.2, 0.25) is 0 Å². The number of fused-ring (bicyclic) bond motifs is 7. The Morgan fingerprint density at radius 3 is 1.54 bits per heavy atom. The fourth-order valence-corrected chi connectivity index (χ4v) is 10.8. The first-order chi connectivity index (χ1) is 25.6. The Bertz CT molecular complexity index is 2560. The van der Waals surface area contributed by atoms with Gasteiger partial charge in [-0.05, 0) is 140 Å². The van der Waals surface area contributed by atoms with E-state index in [0.717, 1.165) is 25.7 Å². The molecular formula is C49H40N2S. The predicted molar refractivity (Wildman–Crippen MR) is 222 cm³/mol. The number of hydrogen-bond acceptors (Lipinski definition) is 3. The lowest BCUT2D eigenvalue weighted by Gasteiger charge is -2.37. The monoisotopic (exact) mass is 688 g/mol. The third-order valence-corrected chi connectivity index (χ3v) is 12.6. The highest BCUT2D eigenvalue weighted by atomic mass is 32.1. The second-order valence-electron chi connectivity index (χ2n) is 14.6. The van der Waals surface area contributed by atoms with Gasteiger partial charge in [0, 0.05) is 48.3 Å². The van der Waals surface area contributed by atoms with Crippen LogP contribution in [-0.2, 0) is 18.3 Å². The number of para-hydroxylation sites is 3. The van der Waals surface area contributed by atoms with Gasteiger partial charge in [-0.15, -0.1) is 11.3 Å². The zero-order chi connectivity index (χ0) is 34.8. The average Bonchev–Trinajstić information content (AvgIpc) is 3.87. The van der Waals surface area contributed by atoms with Crippen molar-refractivity contribution in [2.24, 2.45) is 0 Å². The maximum absolute atomic E-state index is 2.54. The third-order valence-electron chi connectivity index (χ3n) is 11.5. The molecule has 7 aromatic carbocycles. The Morgan fingerprint density at radius 1 is 0.481 bits per heavy atom. The second-order valence-corrected chi connectivity index (χ2v) is 15.7. The van der Waals surface area contributed by atoms with E-state index in [2.05, 4.69) is 181 Å². The number of thiophene rings is 1. The molecule has 0 bridgehead atoms.